The standard InChI is InChI=1S/C20H25N3O3/c1-20(2)12-15-17(21-16(20)13-6-4-3-5-7-13)22-19(25)23(18(15)24)14-8-10-26-11-9-14/h3-7,14,16,21H,8-12H2,1-2H3,(H,22,25)/t16-/m0/s1. The molecule has 138 valence electrons. The van der Waals surface area contributed by atoms with Gasteiger partial charge in [-0.15, -0.1) is 0 Å². The Kier molecular flexibility index (Phi) is 4.23. The fraction of sp³-hybridized carbons (Fsp3) is 0.500. The van der Waals surface area contributed by atoms with Gasteiger partial charge in [-0.1, -0.05) is 44.2 Å². The zero-order valence-electron chi connectivity index (χ0n) is 15.2. The third-order valence-electron chi connectivity index (χ3n) is 5.62. The van der Waals surface area contributed by atoms with Gasteiger partial charge in [-0.3, -0.25) is 14.3 Å². The van der Waals surface area contributed by atoms with Gasteiger partial charge in [0, 0.05) is 19.3 Å². The number of hydrogen-bond donors (Lipinski definition) is 2. The second-order valence-electron chi connectivity index (χ2n) is 7.96. The summed E-state index contributed by atoms with van der Waals surface area (Å²) in [5.74, 6) is 0.566. The third kappa shape index (κ3) is 2.88. The Balaban J connectivity index is 1.77. The molecule has 0 saturated carbocycles. The van der Waals surface area contributed by atoms with Crippen LogP contribution in [0.1, 0.15) is 49.9 Å². The van der Waals surface area contributed by atoms with E-state index >= 15 is 0 Å². The molecule has 2 N–H and O–H groups in total. The van der Waals surface area contributed by atoms with Crippen molar-refractivity contribution in [2.24, 2.45) is 5.41 Å². The third-order valence-corrected chi connectivity index (χ3v) is 5.62. The maximum atomic E-state index is 13.1. The first-order chi connectivity index (χ1) is 12.5. The van der Waals surface area contributed by atoms with E-state index in [0.29, 0.717) is 43.9 Å². The number of aromatic nitrogens is 2. The van der Waals surface area contributed by atoms with Crippen molar-refractivity contribution in [1.82, 2.24) is 9.55 Å². The van der Waals surface area contributed by atoms with Gasteiger partial charge >= 0.3 is 5.69 Å². The van der Waals surface area contributed by atoms with Gasteiger partial charge in [-0.2, -0.15) is 0 Å². The molecule has 6 nitrogen and oxygen atoms in total. The predicted octanol–water partition coefficient (Wildman–Crippen LogP) is 2.62. The monoisotopic (exact) mass is 355 g/mol. The predicted molar refractivity (Wildman–Crippen MR) is 101 cm³/mol. The molecule has 4 rings (SSSR count). The molecular weight excluding hydrogens is 330 g/mol. The Bertz CT molecular complexity index is 908. The second-order valence-corrected chi connectivity index (χ2v) is 7.96. The SMILES string of the molecule is CC1(C)Cc2c([nH]c(=O)n(C3CCOCC3)c2=O)N[C@H]1c1ccccc1. The molecule has 0 bridgehead atoms. The summed E-state index contributed by atoms with van der Waals surface area (Å²) < 4.78 is 6.77. The molecule has 1 fully saturated rings. The van der Waals surface area contributed by atoms with Crippen LogP contribution >= 0.6 is 0 Å². The lowest BCUT2D eigenvalue weighted by molar-refractivity contribution is 0.0672. The summed E-state index contributed by atoms with van der Waals surface area (Å²) in [5, 5.41) is 3.42. The lowest BCUT2D eigenvalue weighted by atomic mass is 9.74. The number of fused-ring (bicyclic) bond motifs is 1. The molecule has 1 aromatic carbocycles. The van der Waals surface area contributed by atoms with Crippen LogP contribution in [0.3, 0.4) is 0 Å². The molecule has 3 heterocycles. The maximum Gasteiger partial charge on any atom is 0.330 e. The minimum absolute atomic E-state index is 0.0326. The van der Waals surface area contributed by atoms with Crippen LogP contribution in [0.25, 0.3) is 0 Å². The van der Waals surface area contributed by atoms with Gasteiger partial charge in [0.25, 0.3) is 5.56 Å². The Morgan fingerprint density at radius 3 is 2.50 bits per heavy atom. The minimum atomic E-state index is -0.334. The first kappa shape index (κ1) is 17.1. The number of H-pyrrole nitrogens is 1. The summed E-state index contributed by atoms with van der Waals surface area (Å²) in [6.07, 6.45) is 2.02. The van der Waals surface area contributed by atoms with Crippen molar-refractivity contribution in [3.8, 4) is 0 Å². The number of aromatic amines is 1. The molecule has 2 aliphatic rings. The molecule has 26 heavy (non-hydrogen) atoms. The molecular formula is C20H25N3O3. The van der Waals surface area contributed by atoms with Crippen LogP contribution in [0.15, 0.2) is 39.9 Å². The lowest BCUT2D eigenvalue weighted by Gasteiger charge is -2.40. The van der Waals surface area contributed by atoms with Crippen LogP contribution in [0.4, 0.5) is 5.82 Å². The van der Waals surface area contributed by atoms with Crippen LogP contribution in [0, 0.1) is 5.41 Å². The van der Waals surface area contributed by atoms with Crippen molar-refractivity contribution in [1.29, 1.82) is 0 Å². The fourth-order valence-corrected chi connectivity index (χ4v) is 4.23. The molecule has 1 aromatic heterocycles. The molecule has 0 amide bonds. The summed E-state index contributed by atoms with van der Waals surface area (Å²) in [6, 6.07) is 10.1. The molecule has 1 saturated heterocycles. The minimum Gasteiger partial charge on any atom is -0.381 e. The van der Waals surface area contributed by atoms with Gasteiger partial charge in [0.05, 0.1) is 11.6 Å². The Morgan fingerprint density at radius 2 is 1.81 bits per heavy atom. The van der Waals surface area contributed by atoms with Crippen molar-refractivity contribution in [2.75, 3.05) is 18.5 Å². The largest absolute Gasteiger partial charge is 0.381 e. The Morgan fingerprint density at radius 1 is 1.12 bits per heavy atom. The van der Waals surface area contributed by atoms with Gasteiger partial charge in [0.2, 0.25) is 0 Å². The highest BCUT2D eigenvalue weighted by atomic mass is 16.5. The zero-order valence-corrected chi connectivity index (χ0v) is 15.2. The van der Waals surface area contributed by atoms with Crippen LogP contribution in [0.2, 0.25) is 0 Å². The summed E-state index contributed by atoms with van der Waals surface area (Å²) in [7, 11) is 0. The van der Waals surface area contributed by atoms with Crippen LogP contribution in [-0.2, 0) is 11.2 Å². The lowest BCUT2D eigenvalue weighted by Crippen LogP contribution is -2.46. The van der Waals surface area contributed by atoms with Crippen LogP contribution < -0.4 is 16.6 Å². The second kappa shape index (κ2) is 6.43. The summed E-state index contributed by atoms with van der Waals surface area (Å²) in [5.41, 5.74) is 1.17. The Hall–Kier alpha value is -2.34. The van der Waals surface area contributed by atoms with E-state index in [2.05, 4.69) is 36.3 Å². The molecule has 2 aliphatic heterocycles. The van der Waals surface area contributed by atoms with Crippen molar-refractivity contribution in [3.63, 3.8) is 0 Å². The van der Waals surface area contributed by atoms with E-state index in [-0.39, 0.29) is 28.7 Å². The van der Waals surface area contributed by atoms with Crippen molar-refractivity contribution in [2.45, 2.75) is 45.2 Å². The smallest absolute Gasteiger partial charge is 0.330 e. The molecule has 0 spiro atoms. The van der Waals surface area contributed by atoms with Crippen molar-refractivity contribution >= 4 is 5.82 Å². The molecule has 1 atom stereocenters. The number of nitrogens with zero attached hydrogens (tertiary/aromatic N) is 1. The molecule has 2 aromatic rings. The van der Waals surface area contributed by atoms with Crippen molar-refractivity contribution < 1.29 is 4.74 Å². The highest BCUT2D eigenvalue weighted by molar-refractivity contribution is 5.49. The number of hydrogen-bond acceptors (Lipinski definition) is 4. The zero-order chi connectivity index (χ0) is 18.3. The van der Waals surface area contributed by atoms with E-state index in [4.69, 9.17) is 4.74 Å². The van der Waals surface area contributed by atoms with E-state index in [1.165, 1.54) is 4.57 Å². The van der Waals surface area contributed by atoms with Crippen LogP contribution in [0.5, 0.6) is 0 Å². The van der Waals surface area contributed by atoms with Gasteiger partial charge < -0.3 is 10.1 Å². The molecule has 0 unspecified atom stereocenters. The van der Waals surface area contributed by atoms with E-state index in [9.17, 15) is 9.59 Å². The van der Waals surface area contributed by atoms with Crippen molar-refractivity contribution in [3.05, 3.63) is 62.3 Å². The average Bonchev–Trinajstić information content (AvgIpc) is 2.63. The number of nitrogens with one attached hydrogen (secondary N) is 2. The first-order valence-corrected chi connectivity index (χ1v) is 9.24. The highest BCUT2D eigenvalue weighted by Gasteiger charge is 2.38. The number of ether oxygens (including phenoxy) is 1. The van der Waals surface area contributed by atoms with Gasteiger partial charge in [-0.25, -0.2) is 4.79 Å². The summed E-state index contributed by atoms with van der Waals surface area (Å²) in [4.78, 5) is 28.7. The topological polar surface area (TPSA) is 76.1 Å². The van der Waals surface area contributed by atoms with E-state index in [0.717, 1.165) is 5.56 Å². The summed E-state index contributed by atoms with van der Waals surface area (Å²) in [6.45, 7) is 5.49. The van der Waals surface area contributed by atoms with Gasteiger partial charge in [0.1, 0.15) is 5.82 Å². The number of anilines is 1. The van der Waals surface area contributed by atoms with E-state index in [1.54, 1.807) is 0 Å². The summed E-state index contributed by atoms with van der Waals surface area (Å²) >= 11 is 0. The van der Waals surface area contributed by atoms with E-state index in [1.807, 2.05) is 18.2 Å². The van der Waals surface area contributed by atoms with Gasteiger partial charge in [-0.05, 0) is 30.2 Å². The number of rotatable bonds is 2. The first-order valence-electron chi connectivity index (χ1n) is 9.24. The normalized spacial score (nSPS) is 22.5. The number of benzene rings is 1. The average molecular weight is 355 g/mol. The fourth-order valence-electron chi connectivity index (χ4n) is 4.23. The van der Waals surface area contributed by atoms with Crippen LogP contribution in [-0.4, -0.2) is 22.8 Å². The highest BCUT2D eigenvalue weighted by Crippen LogP contribution is 2.42. The van der Waals surface area contributed by atoms with Gasteiger partial charge in [0.15, 0.2) is 0 Å². The molecule has 6 heteroatoms. The molecule has 0 aliphatic carbocycles. The quantitative estimate of drug-likeness (QED) is 0.868. The maximum absolute atomic E-state index is 13.1. The van der Waals surface area contributed by atoms with E-state index < -0.39 is 0 Å². The Labute approximate surface area is 152 Å². The molecule has 0 radical (unpaired) electrons.